The molecule has 5 rings (SSSR count). The minimum Gasteiger partial charge on any atom is -0.487 e. The van der Waals surface area contributed by atoms with Gasteiger partial charge < -0.3 is 19.3 Å². The molecule has 0 saturated carbocycles. The maximum absolute atomic E-state index is 10.7. The fourth-order valence-corrected chi connectivity index (χ4v) is 5.78. The van der Waals surface area contributed by atoms with E-state index in [0.717, 1.165) is 48.8 Å². The topological polar surface area (TPSA) is 68.2 Å². The first-order chi connectivity index (χ1) is 15.8. The molecule has 7 heteroatoms. The van der Waals surface area contributed by atoms with Crippen molar-refractivity contribution in [3.63, 3.8) is 0 Å². The van der Waals surface area contributed by atoms with Crippen LogP contribution in [0.4, 0.5) is 0 Å². The molecule has 176 valence electrons. The molecule has 0 amide bonds. The molecule has 1 N–H and O–H groups in total. The number of benzene rings is 2. The van der Waals surface area contributed by atoms with Gasteiger partial charge in [0.1, 0.15) is 17.1 Å². The summed E-state index contributed by atoms with van der Waals surface area (Å²) in [5.74, 6) is 1.22. The Morgan fingerprint density at radius 1 is 1.24 bits per heavy atom. The van der Waals surface area contributed by atoms with Crippen LogP contribution in [0.1, 0.15) is 43.9 Å². The van der Waals surface area contributed by atoms with E-state index in [2.05, 4.69) is 18.7 Å². The zero-order valence-corrected chi connectivity index (χ0v) is 19.8. The molecule has 2 aromatic rings. The van der Waals surface area contributed by atoms with Crippen LogP contribution in [0.25, 0.3) is 0 Å². The number of aliphatic carboxylic acids is 1. The fraction of sp³-hybridized carbons (Fsp3) is 0.500. The number of hydrogen-bond acceptors (Lipinski definition) is 5. The van der Waals surface area contributed by atoms with Crippen LogP contribution in [0, 0.1) is 11.8 Å². The van der Waals surface area contributed by atoms with Gasteiger partial charge >= 0.3 is 5.97 Å². The minimum atomic E-state index is -0.975. The lowest BCUT2D eigenvalue weighted by Gasteiger charge is -2.53. The predicted octanol–water partition coefficient (Wildman–Crippen LogP) is 4.94. The van der Waals surface area contributed by atoms with E-state index in [0.29, 0.717) is 11.7 Å². The molecular formula is C26H30ClNO5. The average molecular weight is 472 g/mol. The molecule has 0 bridgehead atoms. The maximum atomic E-state index is 10.7. The standard InChI is InChI=1S/C26H30ClNO5/c1-26(2)21-11-17-14-28(13-16-3-6-19(7-4-16)31-15-24(29)30)10-9-22(17)32-25(21)20-12-18(27)5-8-23(20)33-26/h3-8,12,17,21-22,25H,9-11,13-15H2,1-2H3,(H,29,30)/t17-,21+,22+,25-/m1/s1. The number of likely N-dealkylation sites (tertiary alicyclic amines) is 1. The minimum absolute atomic E-state index is 0.0218. The van der Waals surface area contributed by atoms with Gasteiger partial charge in [-0.3, -0.25) is 4.90 Å². The van der Waals surface area contributed by atoms with Gasteiger partial charge in [-0.2, -0.15) is 0 Å². The largest absolute Gasteiger partial charge is 0.487 e. The van der Waals surface area contributed by atoms with Crippen molar-refractivity contribution in [1.29, 1.82) is 0 Å². The molecule has 0 radical (unpaired) electrons. The lowest BCUT2D eigenvalue weighted by atomic mass is 9.70. The van der Waals surface area contributed by atoms with Gasteiger partial charge in [0.15, 0.2) is 6.61 Å². The van der Waals surface area contributed by atoms with Crippen molar-refractivity contribution in [2.75, 3.05) is 19.7 Å². The Bertz CT molecular complexity index is 1020. The summed E-state index contributed by atoms with van der Waals surface area (Å²) in [5, 5.41) is 9.47. The molecule has 2 fully saturated rings. The number of fused-ring (bicyclic) bond motifs is 4. The van der Waals surface area contributed by atoms with E-state index < -0.39 is 5.97 Å². The van der Waals surface area contributed by atoms with E-state index in [1.54, 1.807) is 0 Å². The Morgan fingerprint density at radius 2 is 2.03 bits per heavy atom. The molecule has 33 heavy (non-hydrogen) atoms. The SMILES string of the molecule is CC1(C)Oc2ccc(Cl)cc2[C@H]2O[C@H]3CCN(Cc4ccc(OCC(=O)O)cc4)C[C@H]3C[C@@H]21. The van der Waals surface area contributed by atoms with Crippen LogP contribution >= 0.6 is 11.6 Å². The Hall–Kier alpha value is -2.28. The van der Waals surface area contributed by atoms with E-state index in [9.17, 15) is 4.79 Å². The lowest BCUT2D eigenvalue weighted by Crippen LogP contribution is -2.55. The quantitative estimate of drug-likeness (QED) is 0.666. The first-order valence-electron chi connectivity index (χ1n) is 11.6. The summed E-state index contributed by atoms with van der Waals surface area (Å²) in [6.45, 7) is 6.84. The highest BCUT2D eigenvalue weighted by Gasteiger charge is 2.51. The zero-order chi connectivity index (χ0) is 23.2. The predicted molar refractivity (Wildman–Crippen MR) is 125 cm³/mol. The number of rotatable bonds is 5. The summed E-state index contributed by atoms with van der Waals surface area (Å²) in [7, 11) is 0. The van der Waals surface area contributed by atoms with Crippen LogP contribution in [0.15, 0.2) is 42.5 Å². The average Bonchev–Trinajstić information content (AvgIpc) is 2.78. The Labute approximate surface area is 199 Å². The summed E-state index contributed by atoms with van der Waals surface area (Å²) in [5.41, 5.74) is 1.97. The van der Waals surface area contributed by atoms with Crippen molar-refractivity contribution in [3.8, 4) is 11.5 Å². The second-order valence-corrected chi connectivity index (χ2v) is 10.4. The van der Waals surface area contributed by atoms with Gasteiger partial charge in [0.05, 0.1) is 12.2 Å². The van der Waals surface area contributed by atoms with E-state index in [-0.39, 0.29) is 30.3 Å². The van der Waals surface area contributed by atoms with Gasteiger partial charge in [-0.1, -0.05) is 23.7 Å². The fourth-order valence-electron chi connectivity index (χ4n) is 5.59. The van der Waals surface area contributed by atoms with Crippen molar-refractivity contribution < 1.29 is 24.1 Å². The summed E-state index contributed by atoms with van der Waals surface area (Å²) in [6.07, 6.45) is 2.33. The zero-order valence-electron chi connectivity index (χ0n) is 19.0. The molecule has 6 nitrogen and oxygen atoms in total. The second-order valence-electron chi connectivity index (χ2n) is 9.94. The van der Waals surface area contributed by atoms with Crippen molar-refractivity contribution in [2.24, 2.45) is 11.8 Å². The number of carboxylic acid groups (broad SMARTS) is 1. The molecule has 4 atom stereocenters. The third-order valence-electron chi connectivity index (χ3n) is 7.23. The number of halogens is 1. The Kier molecular flexibility index (Phi) is 6.02. The third-order valence-corrected chi connectivity index (χ3v) is 7.46. The van der Waals surface area contributed by atoms with Gasteiger partial charge in [0, 0.05) is 36.1 Å². The molecule has 0 aliphatic carbocycles. The van der Waals surface area contributed by atoms with Crippen LogP contribution in [-0.4, -0.2) is 47.4 Å². The molecular weight excluding hydrogens is 442 g/mol. The van der Waals surface area contributed by atoms with Crippen LogP contribution in [0.3, 0.4) is 0 Å². The highest BCUT2D eigenvalue weighted by molar-refractivity contribution is 6.30. The molecule has 2 aromatic carbocycles. The van der Waals surface area contributed by atoms with E-state index in [4.69, 9.17) is 30.9 Å². The van der Waals surface area contributed by atoms with Crippen LogP contribution < -0.4 is 9.47 Å². The van der Waals surface area contributed by atoms with Crippen molar-refractivity contribution in [3.05, 3.63) is 58.6 Å². The molecule has 3 heterocycles. The molecule has 2 saturated heterocycles. The van der Waals surface area contributed by atoms with Crippen molar-refractivity contribution in [1.82, 2.24) is 4.90 Å². The van der Waals surface area contributed by atoms with Gasteiger partial charge in [0.25, 0.3) is 0 Å². The molecule has 3 aliphatic heterocycles. The number of ether oxygens (including phenoxy) is 3. The van der Waals surface area contributed by atoms with Crippen LogP contribution in [0.2, 0.25) is 5.02 Å². The van der Waals surface area contributed by atoms with E-state index >= 15 is 0 Å². The van der Waals surface area contributed by atoms with Gasteiger partial charge in [-0.15, -0.1) is 0 Å². The highest BCUT2D eigenvalue weighted by Crippen LogP contribution is 2.53. The number of piperidine rings is 1. The number of nitrogens with zero attached hydrogens (tertiary/aromatic N) is 1. The summed E-state index contributed by atoms with van der Waals surface area (Å²) >= 11 is 6.30. The molecule has 0 aromatic heterocycles. The number of carbonyl (C=O) groups is 1. The van der Waals surface area contributed by atoms with Gasteiger partial charge in [-0.25, -0.2) is 4.79 Å². The maximum Gasteiger partial charge on any atom is 0.341 e. The first-order valence-corrected chi connectivity index (χ1v) is 12.0. The first kappa shape index (κ1) is 22.5. The molecule has 3 aliphatic rings. The third kappa shape index (κ3) is 4.70. The number of carboxylic acids is 1. The van der Waals surface area contributed by atoms with Crippen LogP contribution in [0.5, 0.6) is 11.5 Å². The van der Waals surface area contributed by atoms with Crippen LogP contribution in [-0.2, 0) is 16.1 Å². The van der Waals surface area contributed by atoms with E-state index in [1.165, 1.54) is 5.56 Å². The molecule has 0 unspecified atom stereocenters. The summed E-state index contributed by atoms with van der Waals surface area (Å²) < 4.78 is 18.4. The van der Waals surface area contributed by atoms with Crippen molar-refractivity contribution >= 4 is 17.6 Å². The van der Waals surface area contributed by atoms with E-state index in [1.807, 2.05) is 42.5 Å². The lowest BCUT2D eigenvalue weighted by molar-refractivity contribution is -0.187. The second kappa shape index (κ2) is 8.82. The van der Waals surface area contributed by atoms with Gasteiger partial charge in [0.2, 0.25) is 0 Å². The Balaban J connectivity index is 1.25. The Morgan fingerprint density at radius 3 is 2.79 bits per heavy atom. The highest BCUT2D eigenvalue weighted by atomic mass is 35.5. The monoisotopic (exact) mass is 471 g/mol. The smallest absolute Gasteiger partial charge is 0.341 e. The molecule has 0 spiro atoms. The van der Waals surface area contributed by atoms with Gasteiger partial charge in [-0.05, 0) is 68.5 Å². The number of hydrogen-bond donors (Lipinski definition) is 1. The summed E-state index contributed by atoms with van der Waals surface area (Å²) in [4.78, 5) is 13.2. The normalized spacial score (nSPS) is 28.1. The van der Waals surface area contributed by atoms with Crippen molar-refractivity contribution in [2.45, 2.75) is 51.0 Å². The summed E-state index contributed by atoms with van der Waals surface area (Å²) in [6, 6.07) is 13.5.